The van der Waals surface area contributed by atoms with Crippen molar-refractivity contribution in [3.63, 3.8) is 0 Å². The SMILES string of the molecule is COC(=O)C(NC=O)(c1ccccc1)C(F)(F)F. The van der Waals surface area contributed by atoms with Crippen LogP contribution in [0.15, 0.2) is 30.3 Å². The molecule has 1 aromatic carbocycles. The second-order valence-corrected chi connectivity index (χ2v) is 3.37. The summed E-state index contributed by atoms with van der Waals surface area (Å²) in [5.74, 6) is -1.60. The zero-order chi connectivity index (χ0) is 13.8. The lowest BCUT2D eigenvalue weighted by atomic mass is 9.89. The summed E-state index contributed by atoms with van der Waals surface area (Å²) < 4.78 is 43.7. The van der Waals surface area contributed by atoms with Gasteiger partial charge in [-0.3, -0.25) is 4.79 Å². The van der Waals surface area contributed by atoms with Crippen molar-refractivity contribution in [2.24, 2.45) is 0 Å². The Kier molecular flexibility index (Phi) is 3.95. The van der Waals surface area contributed by atoms with Crippen LogP contribution in [0.2, 0.25) is 0 Å². The molecule has 0 heterocycles. The highest BCUT2D eigenvalue weighted by molar-refractivity contribution is 5.86. The van der Waals surface area contributed by atoms with Crippen LogP contribution in [0, 0.1) is 0 Å². The van der Waals surface area contributed by atoms with Crippen molar-refractivity contribution in [3.8, 4) is 0 Å². The number of hydrogen-bond acceptors (Lipinski definition) is 3. The Balaban J connectivity index is 3.49. The molecule has 0 aliphatic heterocycles. The molecule has 0 spiro atoms. The predicted octanol–water partition coefficient (Wildman–Crippen LogP) is 1.36. The third kappa shape index (κ3) is 2.15. The van der Waals surface area contributed by atoms with Crippen LogP contribution in [-0.2, 0) is 19.9 Å². The molecule has 1 rings (SSSR count). The smallest absolute Gasteiger partial charge is 0.426 e. The number of nitrogens with one attached hydrogen (secondary N) is 1. The Bertz CT molecular complexity index is 433. The van der Waals surface area contributed by atoms with E-state index in [1.807, 2.05) is 0 Å². The lowest BCUT2D eigenvalue weighted by Gasteiger charge is -2.32. The van der Waals surface area contributed by atoms with Gasteiger partial charge in [0, 0.05) is 0 Å². The van der Waals surface area contributed by atoms with Gasteiger partial charge in [-0.05, 0) is 5.56 Å². The first kappa shape index (κ1) is 14.0. The molecular weight excluding hydrogens is 251 g/mol. The molecule has 1 atom stereocenters. The molecule has 0 bridgehead atoms. The first-order valence-corrected chi connectivity index (χ1v) is 4.82. The lowest BCUT2D eigenvalue weighted by molar-refractivity contribution is -0.214. The summed E-state index contributed by atoms with van der Waals surface area (Å²) in [6, 6.07) is 6.31. The van der Waals surface area contributed by atoms with E-state index in [4.69, 9.17) is 0 Å². The molecule has 0 saturated heterocycles. The Morgan fingerprint density at radius 1 is 1.28 bits per heavy atom. The number of ether oxygens (including phenoxy) is 1. The van der Waals surface area contributed by atoms with Crippen LogP contribution >= 0.6 is 0 Å². The summed E-state index contributed by atoms with van der Waals surface area (Å²) in [6.45, 7) is 0. The number of alkyl halides is 3. The molecule has 1 aromatic rings. The van der Waals surface area contributed by atoms with E-state index in [1.54, 1.807) is 0 Å². The molecular formula is C11H10F3NO3. The van der Waals surface area contributed by atoms with E-state index in [2.05, 4.69) is 4.74 Å². The Morgan fingerprint density at radius 3 is 2.22 bits per heavy atom. The van der Waals surface area contributed by atoms with Gasteiger partial charge >= 0.3 is 12.1 Å². The van der Waals surface area contributed by atoms with E-state index in [0.717, 1.165) is 19.2 Å². The molecule has 4 nitrogen and oxygen atoms in total. The van der Waals surface area contributed by atoms with Crippen molar-refractivity contribution in [1.29, 1.82) is 0 Å². The van der Waals surface area contributed by atoms with Crippen molar-refractivity contribution >= 4 is 12.4 Å². The fraction of sp³-hybridized carbons (Fsp3) is 0.273. The van der Waals surface area contributed by atoms with Gasteiger partial charge in [0.25, 0.3) is 5.54 Å². The Hall–Kier alpha value is -2.05. The van der Waals surface area contributed by atoms with Gasteiger partial charge in [0.2, 0.25) is 6.41 Å². The minimum Gasteiger partial charge on any atom is -0.467 e. The van der Waals surface area contributed by atoms with E-state index < -0.39 is 23.2 Å². The maximum Gasteiger partial charge on any atom is 0.426 e. The van der Waals surface area contributed by atoms with Crippen LogP contribution in [0.1, 0.15) is 5.56 Å². The van der Waals surface area contributed by atoms with E-state index in [0.29, 0.717) is 0 Å². The predicted molar refractivity (Wildman–Crippen MR) is 55.4 cm³/mol. The van der Waals surface area contributed by atoms with Crippen LogP contribution in [0.3, 0.4) is 0 Å². The zero-order valence-electron chi connectivity index (χ0n) is 9.32. The van der Waals surface area contributed by atoms with Gasteiger partial charge in [-0.1, -0.05) is 30.3 Å². The number of esters is 1. The van der Waals surface area contributed by atoms with Crippen molar-refractivity contribution < 1.29 is 27.5 Å². The minimum atomic E-state index is -5.03. The van der Waals surface area contributed by atoms with Gasteiger partial charge < -0.3 is 10.1 Å². The summed E-state index contributed by atoms with van der Waals surface area (Å²) in [7, 11) is 0.818. The molecule has 0 radical (unpaired) electrons. The van der Waals surface area contributed by atoms with Gasteiger partial charge in [0.05, 0.1) is 7.11 Å². The third-order valence-corrected chi connectivity index (χ3v) is 2.40. The molecule has 0 aliphatic carbocycles. The number of rotatable bonds is 4. The third-order valence-electron chi connectivity index (χ3n) is 2.40. The van der Waals surface area contributed by atoms with E-state index in [9.17, 15) is 22.8 Å². The van der Waals surface area contributed by atoms with Crippen molar-refractivity contribution in [2.45, 2.75) is 11.7 Å². The van der Waals surface area contributed by atoms with E-state index in [-0.39, 0.29) is 6.41 Å². The highest BCUT2D eigenvalue weighted by atomic mass is 19.4. The number of amides is 1. The van der Waals surface area contributed by atoms with Gasteiger partial charge in [0.1, 0.15) is 0 Å². The molecule has 18 heavy (non-hydrogen) atoms. The normalized spacial score (nSPS) is 14.4. The number of benzene rings is 1. The van der Waals surface area contributed by atoms with Crippen LogP contribution in [0.25, 0.3) is 0 Å². The zero-order valence-corrected chi connectivity index (χ0v) is 9.32. The quantitative estimate of drug-likeness (QED) is 0.657. The summed E-state index contributed by atoms with van der Waals surface area (Å²) >= 11 is 0. The lowest BCUT2D eigenvalue weighted by Crippen LogP contribution is -2.59. The molecule has 0 saturated carbocycles. The summed E-state index contributed by atoms with van der Waals surface area (Å²) in [6.07, 6.45) is -5.21. The fourth-order valence-corrected chi connectivity index (χ4v) is 1.55. The summed E-state index contributed by atoms with van der Waals surface area (Å²) in [5, 5.41) is 1.52. The molecule has 0 aromatic heterocycles. The molecule has 1 unspecified atom stereocenters. The molecule has 7 heteroatoms. The maximum atomic E-state index is 13.2. The van der Waals surface area contributed by atoms with E-state index in [1.165, 1.54) is 23.5 Å². The highest BCUT2D eigenvalue weighted by Gasteiger charge is 2.63. The van der Waals surface area contributed by atoms with Gasteiger partial charge in [-0.2, -0.15) is 13.2 Å². The van der Waals surface area contributed by atoms with Gasteiger partial charge in [-0.25, -0.2) is 4.79 Å². The number of carbonyl (C=O) groups is 2. The van der Waals surface area contributed by atoms with Gasteiger partial charge in [0.15, 0.2) is 0 Å². The number of carbonyl (C=O) groups excluding carboxylic acids is 2. The maximum absolute atomic E-state index is 13.2. The van der Waals surface area contributed by atoms with Crippen molar-refractivity contribution in [3.05, 3.63) is 35.9 Å². The average Bonchev–Trinajstić information content (AvgIpc) is 2.34. The molecule has 0 aliphatic rings. The second-order valence-electron chi connectivity index (χ2n) is 3.37. The number of methoxy groups -OCH3 is 1. The first-order chi connectivity index (χ1) is 8.40. The average molecular weight is 261 g/mol. The monoisotopic (exact) mass is 261 g/mol. The number of halogens is 3. The summed E-state index contributed by atoms with van der Waals surface area (Å²) in [5.41, 5.74) is -3.61. The number of hydrogen-bond donors (Lipinski definition) is 1. The highest BCUT2D eigenvalue weighted by Crippen LogP contribution is 2.39. The second kappa shape index (κ2) is 5.07. The molecule has 98 valence electrons. The van der Waals surface area contributed by atoms with Crippen molar-refractivity contribution in [2.75, 3.05) is 7.11 Å². The Labute approximate surface area is 101 Å². The van der Waals surface area contributed by atoms with Crippen LogP contribution in [0.5, 0.6) is 0 Å². The summed E-state index contributed by atoms with van der Waals surface area (Å²) in [4.78, 5) is 21.9. The topological polar surface area (TPSA) is 55.4 Å². The van der Waals surface area contributed by atoms with Crippen LogP contribution in [0.4, 0.5) is 13.2 Å². The molecule has 1 N–H and O–H groups in total. The minimum absolute atomic E-state index is 0.183. The first-order valence-electron chi connectivity index (χ1n) is 4.82. The van der Waals surface area contributed by atoms with Crippen LogP contribution < -0.4 is 5.32 Å². The molecule has 0 fully saturated rings. The largest absolute Gasteiger partial charge is 0.467 e. The fourth-order valence-electron chi connectivity index (χ4n) is 1.55. The van der Waals surface area contributed by atoms with E-state index >= 15 is 0 Å². The molecule has 1 amide bonds. The van der Waals surface area contributed by atoms with Crippen LogP contribution in [-0.4, -0.2) is 25.7 Å². The van der Waals surface area contributed by atoms with Gasteiger partial charge in [-0.15, -0.1) is 0 Å². The Morgan fingerprint density at radius 2 is 1.83 bits per heavy atom. The van der Waals surface area contributed by atoms with Crippen molar-refractivity contribution in [1.82, 2.24) is 5.32 Å². The standard InChI is InChI=1S/C11H10F3NO3/c1-18-9(17)10(15-7-16,11(12,13)14)8-5-3-2-4-6-8/h2-7H,1H3,(H,15,16).